The van der Waals surface area contributed by atoms with E-state index in [9.17, 15) is 9.59 Å². The van der Waals surface area contributed by atoms with Crippen LogP contribution in [0.3, 0.4) is 0 Å². The van der Waals surface area contributed by atoms with Crippen molar-refractivity contribution in [3.63, 3.8) is 0 Å². The molecule has 0 fully saturated rings. The Kier molecular flexibility index (Phi) is 10.8. The summed E-state index contributed by atoms with van der Waals surface area (Å²) in [7, 11) is 0. The summed E-state index contributed by atoms with van der Waals surface area (Å²) in [6, 6.07) is 0. The Morgan fingerprint density at radius 2 is 1.67 bits per heavy atom. The second-order valence-corrected chi connectivity index (χ2v) is 4.06. The standard InChI is InChI=1S/C14H22O4/c1-2-18-14(17)12-10-8-6-4-3-5-7-9-11-13(15)16/h2,10,12H,1,3-9,11H2,(H,15,16). The number of hydrogen-bond donors (Lipinski definition) is 1. The van der Waals surface area contributed by atoms with Gasteiger partial charge < -0.3 is 9.84 Å². The van der Waals surface area contributed by atoms with Gasteiger partial charge in [0, 0.05) is 12.5 Å². The van der Waals surface area contributed by atoms with Crippen LogP contribution in [0, 0.1) is 0 Å². The minimum Gasteiger partial charge on any atom is -0.481 e. The highest BCUT2D eigenvalue weighted by Gasteiger charge is 1.96. The largest absolute Gasteiger partial charge is 0.481 e. The van der Waals surface area contributed by atoms with Crippen molar-refractivity contribution in [2.24, 2.45) is 0 Å². The van der Waals surface area contributed by atoms with Crippen LogP contribution in [0.25, 0.3) is 0 Å². The molecule has 0 bridgehead atoms. The smallest absolute Gasteiger partial charge is 0.335 e. The van der Waals surface area contributed by atoms with Gasteiger partial charge in [0.15, 0.2) is 0 Å². The van der Waals surface area contributed by atoms with E-state index in [0.29, 0.717) is 0 Å². The van der Waals surface area contributed by atoms with E-state index in [4.69, 9.17) is 5.11 Å². The van der Waals surface area contributed by atoms with Crippen LogP contribution in [0.15, 0.2) is 25.0 Å². The third kappa shape index (κ3) is 12.5. The maximum Gasteiger partial charge on any atom is 0.335 e. The first kappa shape index (κ1) is 16.4. The molecule has 4 nitrogen and oxygen atoms in total. The van der Waals surface area contributed by atoms with E-state index in [-0.39, 0.29) is 6.42 Å². The second kappa shape index (κ2) is 11.9. The summed E-state index contributed by atoms with van der Waals surface area (Å²) in [5.41, 5.74) is 0. The molecular weight excluding hydrogens is 232 g/mol. The maximum absolute atomic E-state index is 10.9. The van der Waals surface area contributed by atoms with Gasteiger partial charge in [-0.05, 0) is 19.3 Å². The molecule has 0 aliphatic rings. The van der Waals surface area contributed by atoms with Gasteiger partial charge >= 0.3 is 11.9 Å². The Bertz CT molecular complexity index is 282. The number of carbonyl (C=O) groups excluding carboxylic acids is 1. The fraction of sp³-hybridized carbons (Fsp3) is 0.571. The van der Waals surface area contributed by atoms with Crippen LogP contribution in [0.2, 0.25) is 0 Å². The second-order valence-electron chi connectivity index (χ2n) is 4.06. The summed E-state index contributed by atoms with van der Waals surface area (Å²) in [5.74, 6) is -1.11. The van der Waals surface area contributed by atoms with Crippen molar-refractivity contribution in [3.8, 4) is 0 Å². The number of hydrogen-bond acceptors (Lipinski definition) is 3. The molecule has 1 N–H and O–H groups in total. The van der Waals surface area contributed by atoms with Crippen molar-refractivity contribution in [1.82, 2.24) is 0 Å². The van der Waals surface area contributed by atoms with Gasteiger partial charge in [-0.1, -0.05) is 38.3 Å². The van der Waals surface area contributed by atoms with Crippen molar-refractivity contribution in [3.05, 3.63) is 25.0 Å². The third-order valence-electron chi connectivity index (χ3n) is 2.46. The summed E-state index contributed by atoms with van der Waals surface area (Å²) in [6.45, 7) is 3.29. The number of carboxylic acid groups (broad SMARTS) is 1. The van der Waals surface area contributed by atoms with E-state index < -0.39 is 11.9 Å². The predicted octanol–water partition coefficient (Wildman–Crippen LogP) is 3.43. The highest BCUT2D eigenvalue weighted by molar-refractivity contribution is 5.82. The first-order chi connectivity index (χ1) is 8.66. The number of esters is 1. The van der Waals surface area contributed by atoms with E-state index in [1.165, 1.54) is 6.08 Å². The van der Waals surface area contributed by atoms with Gasteiger partial charge in [-0.25, -0.2) is 4.79 Å². The average molecular weight is 254 g/mol. The Labute approximate surface area is 108 Å². The highest BCUT2D eigenvalue weighted by Crippen LogP contribution is 2.08. The lowest BCUT2D eigenvalue weighted by atomic mass is 10.1. The van der Waals surface area contributed by atoms with Gasteiger partial charge in [0.25, 0.3) is 0 Å². The molecule has 102 valence electrons. The third-order valence-corrected chi connectivity index (χ3v) is 2.46. The molecule has 0 aliphatic carbocycles. The molecule has 18 heavy (non-hydrogen) atoms. The van der Waals surface area contributed by atoms with E-state index in [1.807, 2.05) is 0 Å². The summed E-state index contributed by atoms with van der Waals surface area (Å²) in [5, 5.41) is 8.44. The van der Waals surface area contributed by atoms with Crippen molar-refractivity contribution in [2.45, 2.75) is 51.4 Å². The van der Waals surface area contributed by atoms with E-state index in [1.54, 1.807) is 6.08 Å². The molecule has 4 heteroatoms. The van der Waals surface area contributed by atoms with Gasteiger partial charge in [0.05, 0.1) is 6.26 Å². The maximum atomic E-state index is 10.9. The first-order valence-electron chi connectivity index (χ1n) is 6.36. The van der Waals surface area contributed by atoms with Crippen LogP contribution in [0.5, 0.6) is 0 Å². The normalized spacial score (nSPS) is 10.4. The van der Waals surface area contributed by atoms with Gasteiger partial charge in [0.1, 0.15) is 0 Å². The molecule has 0 rings (SSSR count). The molecule has 0 aliphatic heterocycles. The highest BCUT2D eigenvalue weighted by atomic mass is 16.5. The molecule has 0 aromatic heterocycles. The molecule has 0 heterocycles. The summed E-state index contributed by atoms with van der Waals surface area (Å²) >= 11 is 0. The number of ether oxygens (including phenoxy) is 1. The molecule has 0 spiro atoms. The number of allylic oxidation sites excluding steroid dienone is 1. The fourth-order valence-corrected chi connectivity index (χ4v) is 1.55. The molecule has 0 aromatic carbocycles. The number of unbranched alkanes of at least 4 members (excludes halogenated alkanes) is 6. The van der Waals surface area contributed by atoms with Crippen LogP contribution in [0.1, 0.15) is 51.4 Å². The van der Waals surface area contributed by atoms with Crippen molar-refractivity contribution < 1.29 is 19.4 Å². The van der Waals surface area contributed by atoms with E-state index in [2.05, 4.69) is 11.3 Å². The van der Waals surface area contributed by atoms with Crippen molar-refractivity contribution in [1.29, 1.82) is 0 Å². The lowest BCUT2D eigenvalue weighted by Gasteiger charge is -1.99. The van der Waals surface area contributed by atoms with Gasteiger partial charge in [-0.15, -0.1) is 0 Å². The Balaban J connectivity index is 3.23. The van der Waals surface area contributed by atoms with Crippen molar-refractivity contribution in [2.75, 3.05) is 0 Å². The van der Waals surface area contributed by atoms with Crippen molar-refractivity contribution >= 4 is 11.9 Å². The summed E-state index contributed by atoms with van der Waals surface area (Å²) in [6.07, 6.45) is 11.5. The lowest BCUT2D eigenvalue weighted by molar-refractivity contribution is -0.137. The van der Waals surface area contributed by atoms with Gasteiger partial charge in [-0.2, -0.15) is 0 Å². The van der Waals surface area contributed by atoms with Gasteiger partial charge in [0.2, 0.25) is 0 Å². The average Bonchev–Trinajstić information content (AvgIpc) is 2.31. The molecule has 0 saturated carbocycles. The van der Waals surface area contributed by atoms with Crippen LogP contribution in [-0.2, 0) is 14.3 Å². The lowest BCUT2D eigenvalue weighted by Crippen LogP contribution is -1.93. The molecule has 0 atom stereocenters. The van der Waals surface area contributed by atoms with Crippen LogP contribution in [0.4, 0.5) is 0 Å². The molecule has 0 radical (unpaired) electrons. The number of carbonyl (C=O) groups is 2. The first-order valence-corrected chi connectivity index (χ1v) is 6.36. The molecular formula is C14H22O4. The number of rotatable bonds is 11. The molecule has 0 saturated heterocycles. The zero-order valence-electron chi connectivity index (χ0n) is 10.8. The summed E-state index contributed by atoms with van der Waals surface area (Å²) in [4.78, 5) is 21.1. The summed E-state index contributed by atoms with van der Waals surface area (Å²) < 4.78 is 4.52. The number of aliphatic carboxylic acids is 1. The Morgan fingerprint density at radius 3 is 2.28 bits per heavy atom. The van der Waals surface area contributed by atoms with Crippen LogP contribution < -0.4 is 0 Å². The monoisotopic (exact) mass is 254 g/mol. The van der Waals surface area contributed by atoms with Gasteiger partial charge in [-0.3, -0.25) is 4.79 Å². The minimum absolute atomic E-state index is 0.272. The van der Waals surface area contributed by atoms with Crippen LogP contribution >= 0.6 is 0 Å². The Hall–Kier alpha value is -1.58. The molecule has 0 unspecified atom stereocenters. The fourth-order valence-electron chi connectivity index (χ4n) is 1.55. The SMILES string of the molecule is C=COC(=O)C=CCCCCCCCCC(=O)O. The zero-order chi connectivity index (χ0) is 13.6. The van der Waals surface area contributed by atoms with E-state index >= 15 is 0 Å². The van der Waals surface area contributed by atoms with Crippen LogP contribution in [-0.4, -0.2) is 17.0 Å². The minimum atomic E-state index is -0.716. The molecule has 0 amide bonds. The Morgan fingerprint density at radius 1 is 1.06 bits per heavy atom. The quantitative estimate of drug-likeness (QED) is 0.265. The number of carboxylic acids is 1. The zero-order valence-corrected chi connectivity index (χ0v) is 10.8. The van der Waals surface area contributed by atoms with E-state index in [0.717, 1.165) is 51.2 Å². The topological polar surface area (TPSA) is 63.6 Å². The molecule has 0 aromatic rings. The predicted molar refractivity (Wildman–Crippen MR) is 70.0 cm³/mol.